The minimum absolute atomic E-state index is 0.0103. The number of anilines is 1. The van der Waals surface area contributed by atoms with Crippen molar-refractivity contribution < 1.29 is 19.2 Å². The van der Waals surface area contributed by atoms with E-state index in [1.165, 1.54) is 36.0 Å². The highest BCUT2D eigenvalue weighted by atomic mass is 32.2. The van der Waals surface area contributed by atoms with Gasteiger partial charge in [-0.05, 0) is 61.5 Å². The van der Waals surface area contributed by atoms with Crippen LogP contribution in [0.2, 0.25) is 0 Å². The smallest absolute Gasteiger partial charge is 0.270 e. The molecule has 0 aromatic heterocycles. The molecule has 0 unspecified atom stereocenters. The molecule has 0 bridgehead atoms. The predicted octanol–water partition coefficient (Wildman–Crippen LogP) is 5.22. The lowest BCUT2D eigenvalue weighted by molar-refractivity contribution is -0.384. The molecule has 158 valence electrons. The van der Waals surface area contributed by atoms with Gasteiger partial charge in [0.2, 0.25) is 0 Å². The molecule has 0 aliphatic heterocycles. The summed E-state index contributed by atoms with van der Waals surface area (Å²) in [5.74, 6) is 0.591. The highest BCUT2D eigenvalue weighted by molar-refractivity contribution is 8.00. The molecule has 0 saturated heterocycles. The second kappa shape index (κ2) is 10.4. The van der Waals surface area contributed by atoms with Gasteiger partial charge in [-0.1, -0.05) is 6.07 Å². The van der Waals surface area contributed by atoms with Gasteiger partial charge in [0, 0.05) is 33.8 Å². The molecule has 3 rings (SSSR count). The highest BCUT2D eigenvalue weighted by Gasteiger charge is 2.12. The summed E-state index contributed by atoms with van der Waals surface area (Å²) >= 11 is 1.40. The zero-order valence-electron chi connectivity index (χ0n) is 16.7. The number of hydrogen-bond donors (Lipinski definition) is 1. The lowest BCUT2D eigenvalue weighted by atomic mass is 10.1. The molecule has 0 heterocycles. The van der Waals surface area contributed by atoms with Gasteiger partial charge in [-0.15, -0.1) is 11.8 Å². The van der Waals surface area contributed by atoms with E-state index in [-0.39, 0.29) is 22.8 Å². The van der Waals surface area contributed by atoms with Gasteiger partial charge in [0.05, 0.1) is 17.3 Å². The van der Waals surface area contributed by atoms with E-state index in [0.717, 1.165) is 10.6 Å². The van der Waals surface area contributed by atoms with Gasteiger partial charge in [0.25, 0.3) is 11.6 Å². The van der Waals surface area contributed by atoms with Crippen LogP contribution in [-0.4, -0.2) is 29.0 Å². The normalized spacial score (nSPS) is 10.4. The summed E-state index contributed by atoms with van der Waals surface area (Å²) in [4.78, 5) is 35.9. The molecule has 0 saturated carbocycles. The third-order valence-electron chi connectivity index (χ3n) is 4.29. The molecule has 0 aliphatic carbocycles. The molecule has 0 atom stereocenters. The van der Waals surface area contributed by atoms with Crippen LogP contribution in [0.3, 0.4) is 0 Å². The van der Waals surface area contributed by atoms with Crippen LogP contribution in [0.4, 0.5) is 11.4 Å². The molecule has 8 heteroatoms. The maximum atomic E-state index is 12.4. The van der Waals surface area contributed by atoms with Crippen molar-refractivity contribution in [3.05, 3.63) is 94.0 Å². The van der Waals surface area contributed by atoms with Crippen LogP contribution in [0.25, 0.3) is 0 Å². The predicted molar refractivity (Wildman–Crippen MR) is 120 cm³/mol. The second-order valence-electron chi connectivity index (χ2n) is 6.46. The number of nitrogens with zero attached hydrogens (tertiary/aromatic N) is 1. The fraction of sp³-hybridized carbons (Fsp3) is 0.130. The van der Waals surface area contributed by atoms with Crippen LogP contribution in [-0.2, 0) is 0 Å². The average molecular weight is 436 g/mol. The van der Waals surface area contributed by atoms with Gasteiger partial charge in [-0.25, -0.2) is 0 Å². The first-order valence-electron chi connectivity index (χ1n) is 9.51. The molecule has 31 heavy (non-hydrogen) atoms. The topological polar surface area (TPSA) is 98.5 Å². The van der Waals surface area contributed by atoms with Crippen LogP contribution < -0.4 is 10.1 Å². The standard InChI is InChI=1S/C23H20N2O5S/c1-2-30-20-10-6-16(7-11-20)22(26)15-31-21-12-8-18(9-13-21)24-23(27)17-4-3-5-19(14-17)25(28)29/h3-14H,2,15H2,1H3,(H,24,27). The maximum absolute atomic E-state index is 12.4. The lowest BCUT2D eigenvalue weighted by Gasteiger charge is -2.07. The van der Waals surface area contributed by atoms with Gasteiger partial charge in [0.15, 0.2) is 5.78 Å². The molecule has 0 fully saturated rings. The summed E-state index contributed by atoms with van der Waals surface area (Å²) in [6.45, 7) is 2.48. The monoisotopic (exact) mass is 436 g/mol. The van der Waals surface area contributed by atoms with E-state index in [9.17, 15) is 19.7 Å². The quantitative estimate of drug-likeness (QED) is 0.214. The summed E-state index contributed by atoms with van der Waals surface area (Å²) in [6, 6.07) is 19.6. The number of carbonyl (C=O) groups excluding carboxylic acids is 2. The van der Waals surface area contributed by atoms with E-state index in [4.69, 9.17) is 4.74 Å². The number of nitro benzene ring substituents is 1. The van der Waals surface area contributed by atoms with Crippen molar-refractivity contribution in [2.75, 3.05) is 17.7 Å². The van der Waals surface area contributed by atoms with Crippen molar-refractivity contribution >= 4 is 34.8 Å². The van der Waals surface area contributed by atoms with E-state index in [1.807, 2.05) is 6.92 Å². The van der Waals surface area contributed by atoms with E-state index in [2.05, 4.69) is 5.32 Å². The Hall–Kier alpha value is -3.65. The third kappa shape index (κ3) is 6.16. The third-order valence-corrected chi connectivity index (χ3v) is 5.30. The molecule has 1 N–H and O–H groups in total. The van der Waals surface area contributed by atoms with Crippen molar-refractivity contribution in [1.82, 2.24) is 0 Å². The molecular formula is C23H20N2O5S. The molecule has 1 amide bonds. The number of non-ortho nitro benzene ring substituents is 1. The SMILES string of the molecule is CCOc1ccc(C(=O)CSc2ccc(NC(=O)c3cccc([N+](=O)[O-])c3)cc2)cc1. The van der Waals surface area contributed by atoms with Crippen molar-refractivity contribution in [3.63, 3.8) is 0 Å². The summed E-state index contributed by atoms with van der Waals surface area (Å²) in [7, 11) is 0. The van der Waals surface area contributed by atoms with E-state index in [1.54, 1.807) is 48.5 Å². The summed E-state index contributed by atoms with van der Waals surface area (Å²) < 4.78 is 5.38. The average Bonchev–Trinajstić information content (AvgIpc) is 2.79. The molecule has 7 nitrogen and oxygen atoms in total. The Morgan fingerprint density at radius 1 is 1.00 bits per heavy atom. The van der Waals surface area contributed by atoms with E-state index in [0.29, 0.717) is 17.9 Å². The number of carbonyl (C=O) groups is 2. The minimum Gasteiger partial charge on any atom is -0.494 e. The number of ketones is 1. The van der Waals surface area contributed by atoms with Gasteiger partial charge in [-0.3, -0.25) is 19.7 Å². The Kier molecular flexibility index (Phi) is 7.40. The van der Waals surface area contributed by atoms with Crippen LogP contribution in [0.1, 0.15) is 27.6 Å². The van der Waals surface area contributed by atoms with Crippen LogP contribution >= 0.6 is 11.8 Å². The van der Waals surface area contributed by atoms with E-state index >= 15 is 0 Å². The van der Waals surface area contributed by atoms with Gasteiger partial charge >= 0.3 is 0 Å². The molecular weight excluding hydrogens is 416 g/mol. The number of nitrogens with one attached hydrogen (secondary N) is 1. The number of ether oxygens (including phenoxy) is 1. The maximum Gasteiger partial charge on any atom is 0.270 e. The number of Topliss-reactive ketones (excluding diaryl/α,β-unsaturated/α-hetero) is 1. The van der Waals surface area contributed by atoms with Crippen molar-refractivity contribution in [2.24, 2.45) is 0 Å². The summed E-state index contributed by atoms with van der Waals surface area (Å²) in [5, 5.41) is 13.6. The zero-order chi connectivity index (χ0) is 22.2. The Bertz CT molecular complexity index is 1080. The fourth-order valence-corrected chi connectivity index (χ4v) is 3.53. The number of thioether (sulfide) groups is 1. The number of hydrogen-bond acceptors (Lipinski definition) is 6. The minimum atomic E-state index is -0.544. The Morgan fingerprint density at radius 2 is 1.71 bits per heavy atom. The van der Waals surface area contributed by atoms with Crippen molar-refractivity contribution in [3.8, 4) is 5.75 Å². The van der Waals surface area contributed by atoms with Crippen LogP contribution in [0.15, 0.2) is 77.7 Å². The number of amides is 1. The van der Waals surface area contributed by atoms with Crippen molar-refractivity contribution in [1.29, 1.82) is 0 Å². The second-order valence-corrected chi connectivity index (χ2v) is 7.50. The first kappa shape index (κ1) is 22.0. The number of nitro groups is 1. The molecule has 0 radical (unpaired) electrons. The van der Waals surface area contributed by atoms with Gasteiger partial charge in [0.1, 0.15) is 5.75 Å². The zero-order valence-corrected chi connectivity index (χ0v) is 17.6. The summed E-state index contributed by atoms with van der Waals surface area (Å²) in [5.41, 5.74) is 1.24. The Labute approximate surface area is 183 Å². The van der Waals surface area contributed by atoms with Crippen LogP contribution in [0.5, 0.6) is 5.75 Å². The molecule has 3 aromatic rings. The van der Waals surface area contributed by atoms with Crippen LogP contribution in [0, 0.1) is 10.1 Å². The Balaban J connectivity index is 1.55. The van der Waals surface area contributed by atoms with Gasteiger partial charge in [-0.2, -0.15) is 0 Å². The van der Waals surface area contributed by atoms with Crippen molar-refractivity contribution in [2.45, 2.75) is 11.8 Å². The van der Waals surface area contributed by atoms with Gasteiger partial charge < -0.3 is 10.1 Å². The number of benzene rings is 3. The first-order chi connectivity index (χ1) is 15.0. The number of rotatable bonds is 9. The molecule has 0 aliphatic rings. The molecule has 0 spiro atoms. The first-order valence-corrected chi connectivity index (χ1v) is 10.5. The largest absolute Gasteiger partial charge is 0.494 e. The van der Waals surface area contributed by atoms with E-state index < -0.39 is 10.8 Å². The highest BCUT2D eigenvalue weighted by Crippen LogP contribution is 2.23. The fourth-order valence-electron chi connectivity index (χ4n) is 2.73. The molecule has 3 aromatic carbocycles. The lowest BCUT2D eigenvalue weighted by Crippen LogP contribution is -2.12. The summed E-state index contributed by atoms with van der Waals surface area (Å²) in [6.07, 6.45) is 0. The Morgan fingerprint density at radius 3 is 2.35 bits per heavy atom.